The lowest BCUT2D eigenvalue weighted by molar-refractivity contribution is -0.137. The molecule has 1 heterocycles. The van der Waals surface area contributed by atoms with E-state index in [9.17, 15) is 22.8 Å². The van der Waals surface area contributed by atoms with Crippen molar-refractivity contribution in [3.05, 3.63) is 29.3 Å². The summed E-state index contributed by atoms with van der Waals surface area (Å²) in [5.74, 6) is -0.478. The van der Waals surface area contributed by atoms with Gasteiger partial charge >= 0.3 is 12.3 Å². The number of alkyl halides is 3. The number of halogens is 3. The molecule has 1 N–H and O–H groups in total. The van der Waals surface area contributed by atoms with Crippen molar-refractivity contribution in [3.63, 3.8) is 0 Å². The zero-order valence-electron chi connectivity index (χ0n) is 8.99. The number of carboxylic acid groups (broad SMARTS) is 1. The monoisotopic (exact) mass is 259 g/mol. The molecule has 0 aromatic heterocycles. The molecule has 0 saturated heterocycles. The molecule has 0 radical (unpaired) electrons. The smallest absolute Gasteiger partial charge is 0.416 e. The van der Waals surface area contributed by atoms with Crippen LogP contribution in [0.25, 0.3) is 0 Å². The minimum atomic E-state index is -4.55. The first kappa shape index (κ1) is 12.4. The third-order valence-corrected chi connectivity index (χ3v) is 2.71. The number of hydrogen-bond acceptors (Lipinski definition) is 2. The van der Waals surface area contributed by atoms with Crippen LogP contribution in [0.4, 0.5) is 23.7 Å². The minimum Gasteiger partial charge on any atom is -0.465 e. The van der Waals surface area contributed by atoms with Crippen molar-refractivity contribution in [3.8, 4) is 0 Å². The second kappa shape index (κ2) is 4.01. The fourth-order valence-corrected chi connectivity index (χ4v) is 1.84. The Hall–Kier alpha value is -2.05. The van der Waals surface area contributed by atoms with Gasteiger partial charge in [0.25, 0.3) is 0 Å². The zero-order valence-corrected chi connectivity index (χ0v) is 8.99. The number of hydrogen-bond donors (Lipinski definition) is 1. The number of rotatable bonds is 0. The molecule has 1 aromatic rings. The number of ketones is 1. The summed E-state index contributed by atoms with van der Waals surface area (Å²) in [6.07, 6.45) is -5.95. The van der Waals surface area contributed by atoms with Crippen molar-refractivity contribution >= 4 is 17.6 Å². The van der Waals surface area contributed by atoms with Gasteiger partial charge in [-0.2, -0.15) is 13.2 Å². The van der Waals surface area contributed by atoms with Gasteiger partial charge in [-0.1, -0.05) is 0 Å². The number of carbonyl (C=O) groups excluding carboxylic acids is 1. The molecule has 18 heavy (non-hydrogen) atoms. The molecule has 0 unspecified atom stereocenters. The van der Waals surface area contributed by atoms with Crippen LogP contribution >= 0.6 is 0 Å². The Balaban J connectivity index is 2.54. The standard InChI is InChI=1S/C11H8F3NO3/c12-11(13,14)6-1-2-8-7(5-6)9(16)3-4-15(8)10(17)18/h1-2,5H,3-4H2,(H,17,18). The van der Waals surface area contributed by atoms with E-state index in [-0.39, 0.29) is 24.2 Å². The molecule has 7 heteroatoms. The first-order valence-corrected chi connectivity index (χ1v) is 5.05. The van der Waals surface area contributed by atoms with Crippen LogP contribution in [0.3, 0.4) is 0 Å². The molecular weight excluding hydrogens is 251 g/mol. The molecular formula is C11H8F3NO3. The van der Waals surface area contributed by atoms with Gasteiger partial charge in [-0.25, -0.2) is 4.79 Å². The summed E-state index contributed by atoms with van der Waals surface area (Å²) in [6, 6.07) is 2.49. The number of amides is 1. The van der Waals surface area contributed by atoms with Crippen molar-refractivity contribution < 1.29 is 27.9 Å². The quantitative estimate of drug-likeness (QED) is 0.779. The highest BCUT2D eigenvalue weighted by atomic mass is 19.4. The summed E-state index contributed by atoms with van der Waals surface area (Å²) >= 11 is 0. The number of benzene rings is 1. The Morgan fingerprint density at radius 3 is 2.56 bits per heavy atom. The maximum absolute atomic E-state index is 12.5. The van der Waals surface area contributed by atoms with Crippen LogP contribution in [0.1, 0.15) is 22.3 Å². The molecule has 96 valence electrons. The fourth-order valence-electron chi connectivity index (χ4n) is 1.84. The lowest BCUT2D eigenvalue weighted by atomic mass is 9.98. The van der Waals surface area contributed by atoms with E-state index in [4.69, 9.17) is 5.11 Å². The van der Waals surface area contributed by atoms with Gasteiger partial charge in [-0.3, -0.25) is 9.69 Å². The van der Waals surface area contributed by atoms with Crippen LogP contribution in [0, 0.1) is 0 Å². The lowest BCUT2D eigenvalue weighted by Crippen LogP contribution is -2.36. The fraction of sp³-hybridized carbons (Fsp3) is 0.273. The van der Waals surface area contributed by atoms with Crippen LogP contribution in [0.15, 0.2) is 18.2 Å². The van der Waals surface area contributed by atoms with Crippen molar-refractivity contribution in [1.82, 2.24) is 0 Å². The maximum atomic E-state index is 12.5. The second-order valence-corrected chi connectivity index (χ2v) is 3.84. The number of nitrogens with zero attached hydrogens (tertiary/aromatic N) is 1. The third kappa shape index (κ3) is 2.03. The zero-order chi connectivity index (χ0) is 13.5. The Labute approximate surface area is 99.6 Å². The average molecular weight is 259 g/mol. The summed E-state index contributed by atoms with van der Waals surface area (Å²) < 4.78 is 37.5. The minimum absolute atomic E-state index is 0.00625. The Bertz CT molecular complexity index is 525. The van der Waals surface area contributed by atoms with Gasteiger partial charge in [0, 0.05) is 18.5 Å². The predicted octanol–water partition coefficient (Wildman–Crippen LogP) is 2.78. The van der Waals surface area contributed by atoms with Crippen molar-refractivity contribution in [2.75, 3.05) is 11.4 Å². The highest BCUT2D eigenvalue weighted by Gasteiger charge is 2.34. The first-order valence-electron chi connectivity index (χ1n) is 5.05. The van der Waals surface area contributed by atoms with Crippen molar-refractivity contribution in [2.24, 2.45) is 0 Å². The Kier molecular flexibility index (Phi) is 2.76. The molecule has 1 amide bonds. The lowest BCUT2D eigenvalue weighted by Gasteiger charge is -2.26. The van der Waals surface area contributed by atoms with E-state index in [1.165, 1.54) is 0 Å². The third-order valence-electron chi connectivity index (χ3n) is 2.71. The van der Waals surface area contributed by atoms with E-state index < -0.39 is 23.6 Å². The van der Waals surface area contributed by atoms with Gasteiger partial charge in [-0.15, -0.1) is 0 Å². The number of Topliss-reactive ketones (excluding diaryl/α,β-unsaturated/α-hetero) is 1. The molecule has 1 aliphatic rings. The SMILES string of the molecule is O=C1CCN(C(=O)O)c2ccc(C(F)(F)F)cc21. The van der Waals surface area contributed by atoms with E-state index in [1.54, 1.807) is 0 Å². The summed E-state index contributed by atoms with van der Waals surface area (Å²) in [7, 11) is 0. The maximum Gasteiger partial charge on any atom is 0.416 e. The van der Waals surface area contributed by atoms with Crippen LogP contribution in [0.2, 0.25) is 0 Å². The van der Waals surface area contributed by atoms with Gasteiger partial charge < -0.3 is 5.11 Å². The first-order chi connectivity index (χ1) is 8.30. The van der Waals surface area contributed by atoms with E-state index in [0.29, 0.717) is 6.07 Å². The van der Waals surface area contributed by atoms with Crippen molar-refractivity contribution in [2.45, 2.75) is 12.6 Å². The van der Waals surface area contributed by atoms with Gasteiger partial charge in [0.1, 0.15) is 0 Å². The van der Waals surface area contributed by atoms with E-state index >= 15 is 0 Å². The predicted molar refractivity (Wildman–Crippen MR) is 55.8 cm³/mol. The van der Waals surface area contributed by atoms with Gasteiger partial charge in [-0.05, 0) is 18.2 Å². The summed E-state index contributed by atoms with van der Waals surface area (Å²) in [4.78, 5) is 23.3. The molecule has 4 nitrogen and oxygen atoms in total. The van der Waals surface area contributed by atoms with E-state index in [2.05, 4.69) is 0 Å². The molecule has 0 bridgehead atoms. The topological polar surface area (TPSA) is 57.6 Å². The molecule has 0 spiro atoms. The molecule has 0 fully saturated rings. The number of carbonyl (C=O) groups is 2. The average Bonchev–Trinajstić information content (AvgIpc) is 2.27. The number of fused-ring (bicyclic) bond motifs is 1. The highest BCUT2D eigenvalue weighted by Crippen LogP contribution is 2.35. The summed E-state index contributed by atoms with van der Waals surface area (Å²) in [5.41, 5.74) is -1.15. The van der Waals surface area contributed by atoms with Gasteiger partial charge in [0.05, 0.1) is 11.3 Å². The normalized spacial score (nSPS) is 15.5. The van der Waals surface area contributed by atoms with Crippen LogP contribution in [0.5, 0.6) is 0 Å². The Morgan fingerprint density at radius 2 is 2.00 bits per heavy atom. The molecule has 0 atom stereocenters. The largest absolute Gasteiger partial charge is 0.465 e. The van der Waals surface area contributed by atoms with Crippen molar-refractivity contribution in [1.29, 1.82) is 0 Å². The summed E-state index contributed by atoms with van der Waals surface area (Å²) in [5, 5.41) is 8.89. The number of anilines is 1. The van der Waals surface area contributed by atoms with Gasteiger partial charge in [0.15, 0.2) is 5.78 Å². The molecule has 1 aliphatic heterocycles. The van der Waals surface area contributed by atoms with Gasteiger partial charge in [0.2, 0.25) is 0 Å². The molecule has 0 saturated carbocycles. The molecule has 1 aromatic carbocycles. The Morgan fingerprint density at radius 1 is 1.33 bits per heavy atom. The summed E-state index contributed by atoms with van der Waals surface area (Å²) in [6.45, 7) is -0.0352. The van der Waals surface area contributed by atoms with E-state index in [1.807, 2.05) is 0 Å². The van der Waals surface area contributed by atoms with Crippen LogP contribution < -0.4 is 4.90 Å². The molecule has 0 aliphatic carbocycles. The highest BCUT2D eigenvalue weighted by molar-refractivity contribution is 6.07. The molecule has 2 rings (SSSR count). The van der Waals surface area contributed by atoms with Crippen LogP contribution in [-0.4, -0.2) is 23.5 Å². The second-order valence-electron chi connectivity index (χ2n) is 3.84. The van der Waals surface area contributed by atoms with Crippen LogP contribution in [-0.2, 0) is 6.18 Å². The van der Waals surface area contributed by atoms with E-state index in [0.717, 1.165) is 17.0 Å².